The Hall–Kier alpha value is 0.140. The van der Waals surface area contributed by atoms with Crippen molar-refractivity contribution < 1.29 is 5.11 Å². The number of halogens is 1. The Balaban J connectivity index is 2.48. The van der Waals surface area contributed by atoms with E-state index in [-0.39, 0.29) is 6.61 Å². The van der Waals surface area contributed by atoms with Gasteiger partial charge in [-0.15, -0.1) is 0 Å². The SMILES string of the molecule is C=C(Br)CN1CCC(C)C1CO. The number of likely N-dealkylation sites (tertiary alicyclic amines) is 1. The summed E-state index contributed by atoms with van der Waals surface area (Å²) in [5, 5.41) is 9.13. The summed E-state index contributed by atoms with van der Waals surface area (Å²) in [5.41, 5.74) is 0. The molecule has 0 aromatic rings. The molecule has 2 unspecified atom stereocenters. The molecule has 0 amide bonds. The van der Waals surface area contributed by atoms with Gasteiger partial charge in [-0.05, 0) is 18.9 Å². The van der Waals surface area contributed by atoms with Crippen molar-refractivity contribution in [2.24, 2.45) is 5.92 Å². The maximum atomic E-state index is 9.13. The molecular formula is C9H16BrNO. The van der Waals surface area contributed by atoms with Crippen LogP contribution in [-0.4, -0.2) is 35.7 Å². The van der Waals surface area contributed by atoms with E-state index in [0.29, 0.717) is 12.0 Å². The van der Waals surface area contributed by atoms with Gasteiger partial charge in [0.05, 0.1) is 6.61 Å². The van der Waals surface area contributed by atoms with Crippen LogP contribution in [0.1, 0.15) is 13.3 Å². The molecule has 12 heavy (non-hydrogen) atoms. The maximum absolute atomic E-state index is 9.13. The summed E-state index contributed by atoms with van der Waals surface area (Å²) in [4.78, 5) is 2.28. The van der Waals surface area contributed by atoms with E-state index in [4.69, 9.17) is 5.11 Å². The highest BCUT2D eigenvalue weighted by Crippen LogP contribution is 2.24. The van der Waals surface area contributed by atoms with E-state index < -0.39 is 0 Å². The summed E-state index contributed by atoms with van der Waals surface area (Å²) in [6, 6.07) is 0.333. The van der Waals surface area contributed by atoms with Crippen molar-refractivity contribution in [1.82, 2.24) is 4.90 Å². The van der Waals surface area contributed by atoms with E-state index in [1.54, 1.807) is 0 Å². The molecule has 2 nitrogen and oxygen atoms in total. The predicted octanol–water partition coefficient (Wildman–Crippen LogP) is 1.60. The molecule has 0 spiro atoms. The van der Waals surface area contributed by atoms with Crippen LogP contribution in [0.5, 0.6) is 0 Å². The van der Waals surface area contributed by atoms with Crippen LogP contribution >= 0.6 is 15.9 Å². The first kappa shape index (κ1) is 10.2. The minimum Gasteiger partial charge on any atom is -0.395 e. The zero-order chi connectivity index (χ0) is 9.14. The van der Waals surface area contributed by atoms with Gasteiger partial charge in [0.1, 0.15) is 0 Å². The van der Waals surface area contributed by atoms with Crippen LogP contribution in [0.3, 0.4) is 0 Å². The van der Waals surface area contributed by atoms with Crippen LogP contribution in [0.25, 0.3) is 0 Å². The van der Waals surface area contributed by atoms with Crippen molar-refractivity contribution in [3.05, 3.63) is 11.1 Å². The Kier molecular flexibility index (Phi) is 3.75. The van der Waals surface area contributed by atoms with Gasteiger partial charge in [-0.2, -0.15) is 0 Å². The fourth-order valence-corrected chi connectivity index (χ4v) is 2.12. The second kappa shape index (κ2) is 4.40. The smallest absolute Gasteiger partial charge is 0.0589 e. The molecule has 1 saturated heterocycles. The van der Waals surface area contributed by atoms with Crippen LogP contribution in [-0.2, 0) is 0 Å². The fourth-order valence-electron chi connectivity index (χ4n) is 1.80. The average Bonchev–Trinajstić information content (AvgIpc) is 2.30. The van der Waals surface area contributed by atoms with Gasteiger partial charge in [0.25, 0.3) is 0 Å². The van der Waals surface area contributed by atoms with E-state index in [2.05, 4.69) is 34.3 Å². The molecule has 3 heteroatoms. The standard InChI is InChI=1S/C9H16BrNO/c1-7-3-4-11(5-8(2)10)9(7)6-12/h7,9,12H,2-6H2,1H3. The van der Waals surface area contributed by atoms with Gasteiger partial charge in [0, 0.05) is 17.1 Å². The molecule has 2 atom stereocenters. The lowest BCUT2D eigenvalue weighted by Crippen LogP contribution is -2.35. The molecular weight excluding hydrogens is 218 g/mol. The second-order valence-electron chi connectivity index (χ2n) is 3.50. The molecule has 0 aromatic carbocycles. The van der Waals surface area contributed by atoms with Crippen molar-refractivity contribution in [2.75, 3.05) is 19.7 Å². The quantitative estimate of drug-likeness (QED) is 0.801. The number of nitrogens with zero attached hydrogens (tertiary/aromatic N) is 1. The summed E-state index contributed by atoms with van der Waals surface area (Å²) in [7, 11) is 0. The van der Waals surface area contributed by atoms with Gasteiger partial charge in [0.15, 0.2) is 0 Å². The molecule has 1 fully saturated rings. The first-order chi connectivity index (χ1) is 5.65. The van der Waals surface area contributed by atoms with E-state index in [1.807, 2.05) is 0 Å². The highest BCUT2D eigenvalue weighted by atomic mass is 79.9. The number of aliphatic hydroxyl groups is 1. The molecule has 70 valence electrons. The van der Waals surface area contributed by atoms with Crippen LogP contribution < -0.4 is 0 Å². The van der Waals surface area contributed by atoms with Crippen molar-refractivity contribution in [1.29, 1.82) is 0 Å². The molecule has 0 aromatic heterocycles. The lowest BCUT2D eigenvalue weighted by atomic mass is 10.0. The number of aliphatic hydroxyl groups excluding tert-OH is 1. The van der Waals surface area contributed by atoms with Gasteiger partial charge in [-0.3, -0.25) is 4.90 Å². The summed E-state index contributed by atoms with van der Waals surface area (Å²) in [6.45, 7) is 8.20. The Labute approximate surface area is 82.4 Å². The highest BCUT2D eigenvalue weighted by Gasteiger charge is 2.29. The van der Waals surface area contributed by atoms with Crippen LogP contribution in [0.15, 0.2) is 11.1 Å². The van der Waals surface area contributed by atoms with Crippen molar-refractivity contribution >= 4 is 15.9 Å². The van der Waals surface area contributed by atoms with Gasteiger partial charge in [-0.25, -0.2) is 0 Å². The fraction of sp³-hybridized carbons (Fsp3) is 0.778. The molecule has 0 radical (unpaired) electrons. The molecule has 1 aliphatic heterocycles. The molecule has 0 bridgehead atoms. The Morgan fingerprint density at radius 2 is 2.42 bits per heavy atom. The molecule has 0 saturated carbocycles. The van der Waals surface area contributed by atoms with Crippen LogP contribution in [0.2, 0.25) is 0 Å². The predicted molar refractivity (Wildman–Crippen MR) is 54.3 cm³/mol. The third-order valence-electron chi connectivity index (χ3n) is 2.56. The van der Waals surface area contributed by atoms with Gasteiger partial charge >= 0.3 is 0 Å². The number of rotatable bonds is 3. The lowest BCUT2D eigenvalue weighted by molar-refractivity contribution is 0.149. The van der Waals surface area contributed by atoms with Crippen molar-refractivity contribution in [3.8, 4) is 0 Å². The topological polar surface area (TPSA) is 23.5 Å². The van der Waals surface area contributed by atoms with E-state index in [0.717, 1.165) is 17.6 Å². The van der Waals surface area contributed by atoms with Crippen LogP contribution in [0.4, 0.5) is 0 Å². The Morgan fingerprint density at radius 3 is 2.92 bits per heavy atom. The molecule has 1 aliphatic rings. The lowest BCUT2D eigenvalue weighted by Gasteiger charge is -2.24. The molecule has 1 rings (SSSR count). The summed E-state index contributed by atoms with van der Waals surface area (Å²) in [5.74, 6) is 0.613. The van der Waals surface area contributed by atoms with Gasteiger partial charge in [-0.1, -0.05) is 29.4 Å². The van der Waals surface area contributed by atoms with Gasteiger partial charge in [0.2, 0.25) is 0 Å². The second-order valence-corrected chi connectivity index (χ2v) is 4.63. The Morgan fingerprint density at radius 1 is 1.75 bits per heavy atom. The van der Waals surface area contributed by atoms with E-state index >= 15 is 0 Å². The summed E-state index contributed by atoms with van der Waals surface area (Å²) in [6.07, 6.45) is 1.19. The van der Waals surface area contributed by atoms with Gasteiger partial charge < -0.3 is 5.11 Å². The monoisotopic (exact) mass is 233 g/mol. The summed E-state index contributed by atoms with van der Waals surface area (Å²) < 4.78 is 0.995. The molecule has 1 N–H and O–H groups in total. The largest absolute Gasteiger partial charge is 0.395 e. The molecule has 1 heterocycles. The third-order valence-corrected chi connectivity index (χ3v) is 2.81. The third kappa shape index (κ3) is 2.31. The minimum atomic E-state index is 0.265. The maximum Gasteiger partial charge on any atom is 0.0589 e. The van der Waals surface area contributed by atoms with Crippen molar-refractivity contribution in [2.45, 2.75) is 19.4 Å². The molecule has 0 aliphatic carbocycles. The van der Waals surface area contributed by atoms with E-state index in [1.165, 1.54) is 6.42 Å². The normalized spacial score (nSPS) is 30.9. The zero-order valence-electron chi connectivity index (χ0n) is 7.46. The van der Waals surface area contributed by atoms with E-state index in [9.17, 15) is 0 Å². The first-order valence-corrected chi connectivity index (χ1v) is 5.12. The first-order valence-electron chi connectivity index (χ1n) is 4.33. The minimum absolute atomic E-state index is 0.265. The number of hydrogen-bond acceptors (Lipinski definition) is 2. The highest BCUT2D eigenvalue weighted by molar-refractivity contribution is 9.11. The average molecular weight is 234 g/mol. The summed E-state index contributed by atoms with van der Waals surface area (Å²) >= 11 is 3.34. The zero-order valence-corrected chi connectivity index (χ0v) is 9.05. The number of hydrogen-bond donors (Lipinski definition) is 1. The Bertz CT molecular complexity index is 172. The van der Waals surface area contributed by atoms with Crippen LogP contribution in [0, 0.1) is 5.92 Å². The van der Waals surface area contributed by atoms with Crippen molar-refractivity contribution in [3.63, 3.8) is 0 Å².